The van der Waals surface area contributed by atoms with Crippen LogP contribution >= 0.6 is 0 Å². The van der Waals surface area contributed by atoms with Gasteiger partial charge in [-0.25, -0.2) is 16.8 Å². The number of hydrogen-bond acceptors (Lipinski definition) is 6. The molecule has 0 aliphatic carbocycles. The van der Waals surface area contributed by atoms with Crippen molar-refractivity contribution in [3.63, 3.8) is 0 Å². The third-order valence-electron chi connectivity index (χ3n) is 3.22. The van der Waals surface area contributed by atoms with Crippen LogP contribution < -0.4 is 14.2 Å². The van der Waals surface area contributed by atoms with Crippen LogP contribution in [0.3, 0.4) is 0 Å². The summed E-state index contributed by atoms with van der Waals surface area (Å²) in [5.41, 5.74) is 0.241. The Morgan fingerprint density at radius 1 is 0.833 bits per heavy atom. The molecule has 130 valence electrons. The fourth-order valence-corrected chi connectivity index (χ4v) is 3.65. The van der Waals surface area contributed by atoms with E-state index in [-0.39, 0.29) is 15.5 Å². The van der Waals surface area contributed by atoms with Gasteiger partial charge in [0.15, 0.2) is 9.84 Å². The largest absolute Gasteiger partial charge is 0.497 e. The average Bonchev–Trinajstić information content (AvgIpc) is 2.54. The Hall–Kier alpha value is -2.26. The fraction of sp³-hybridized carbons (Fsp3) is 0.200. The molecule has 0 radical (unpaired) electrons. The molecule has 24 heavy (non-hydrogen) atoms. The number of sulfonamides is 1. The highest BCUT2D eigenvalue weighted by Crippen LogP contribution is 2.31. The molecule has 0 fully saturated rings. The van der Waals surface area contributed by atoms with E-state index in [0.717, 1.165) is 6.26 Å². The van der Waals surface area contributed by atoms with E-state index in [9.17, 15) is 16.8 Å². The first-order valence-electron chi connectivity index (χ1n) is 6.72. The Kier molecular flexibility index (Phi) is 5.05. The predicted octanol–water partition coefficient (Wildman–Crippen LogP) is 1.91. The summed E-state index contributed by atoms with van der Waals surface area (Å²) in [7, 11) is -4.39. The quantitative estimate of drug-likeness (QED) is 0.833. The van der Waals surface area contributed by atoms with E-state index >= 15 is 0 Å². The normalized spacial score (nSPS) is 11.8. The first-order valence-corrected chi connectivity index (χ1v) is 10.1. The Bertz CT molecular complexity index is 934. The smallest absolute Gasteiger partial charge is 0.262 e. The summed E-state index contributed by atoms with van der Waals surface area (Å²) in [5.74, 6) is 0.818. The standard InChI is InChI=1S/C15H17NO6S2/c1-21-11-4-9-14(15(10-11)22-2)16-24(19,20)13-7-5-12(6-8-13)23(3,17)18/h4-10,16H,1-3H3. The van der Waals surface area contributed by atoms with Gasteiger partial charge in [0.25, 0.3) is 10.0 Å². The summed E-state index contributed by atoms with van der Waals surface area (Å²) in [6, 6.07) is 9.60. The molecule has 0 amide bonds. The maximum atomic E-state index is 12.4. The molecule has 7 nitrogen and oxygen atoms in total. The van der Waals surface area contributed by atoms with Crippen molar-refractivity contribution in [2.45, 2.75) is 9.79 Å². The molecule has 2 rings (SSSR count). The Morgan fingerprint density at radius 2 is 1.42 bits per heavy atom. The molecule has 0 spiro atoms. The van der Waals surface area contributed by atoms with Crippen LogP contribution in [0, 0.1) is 0 Å². The van der Waals surface area contributed by atoms with Crippen LogP contribution in [0.5, 0.6) is 11.5 Å². The van der Waals surface area contributed by atoms with Crippen molar-refractivity contribution in [1.82, 2.24) is 0 Å². The maximum absolute atomic E-state index is 12.4. The van der Waals surface area contributed by atoms with E-state index in [0.29, 0.717) is 11.5 Å². The van der Waals surface area contributed by atoms with Gasteiger partial charge in [0.05, 0.1) is 29.7 Å². The van der Waals surface area contributed by atoms with E-state index in [1.165, 1.54) is 44.6 Å². The molecule has 0 saturated heterocycles. The molecule has 0 unspecified atom stereocenters. The second-order valence-electron chi connectivity index (χ2n) is 4.92. The lowest BCUT2D eigenvalue weighted by molar-refractivity contribution is 0.395. The van der Waals surface area contributed by atoms with Gasteiger partial charge in [0, 0.05) is 12.3 Å². The van der Waals surface area contributed by atoms with Gasteiger partial charge in [0.1, 0.15) is 11.5 Å². The summed E-state index contributed by atoms with van der Waals surface area (Å²) in [5, 5.41) is 0. The summed E-state index contributed by atoms with van der Waals surface area (Å²) in [6.45, 7) is 0. The van der Waals surface area contributed by atoms with Crippen molar-refractivity contribution >= 4 is 25.5 Å². The minimum Gasteiger partial charge on any atom is -0.497 e. The van der Waals surface area contributed by atoms with Crippen molar-refractivity contribution in [2.75, 3.05) is 25.2 Å². The molecule has 0 bridgehead atoms. The van der Waals surface area contributed by atoms with Crippen molar-refractivity contribution in [3.8, 4) is 11.5 Å². The number of benzene rings is 2. The van der Waals surface area contributed by atoms with Crippen molar-refractivity contribution in [1.29, 1.82) is 0 Å². The number of sulfone groups is 1. The van der Waals surface area contributed by atoms with Crippen LogP contribution in [-0.2, 0) is 19.9 Å². The van der Waals surface area contributed by atoms with Crippen LogP contribution in [-0.4, -0.2) is 37.3 Å². The SMILES string of the molecule is COc1ccc(NS(=O)(=O)c2ccc(S(C)(=O)=O)cc2)c(OC)c1. The molecule has 0 aliphatic heterocycles. The molecular formula is C15H17NO6S2. The van der Waals surface area contributed by atoms with Gasteiger partial charge in [0.2, 0.25) is 0 Å². The average molecular weight is 371 g/mol. The Labute approximate surface area is 141 Å². The van der Waals surface area contributed by atoms with Gasteiger partial charge in [-0.15, -0.1) is 0 Å². The first-order chi connectivity index (χ1) is 11.2. The molecule has 9 heteroatoms. The summed E-state index contributed by atoms with van der Waals surface area (Å²) in [6.07, 6.45) is 1.05. The van der Waals surface area contributed by atoms with Crippen LogP contribution in [0.2, 0.25) is 0 Å². The molecule has 0 atom stereocenters. The lowest BCUT2D eigenvalue weighted by atomic mass is 10.3. The van der Waals surface area contributed by atoms with E-state index in [4.69, 9.17) is 9.47 Å². The number of nitrogens with one attached hydrogen (secondary N) is 1. The van der Waals surface area contributed by atoms with Crippen molar-refractivity contribution < 1.29 is 26.3 Å². The molecule has 0 aliphatic rings. The van der Waals surface area contributed by atoms with Gasteiger partial charge in [-0.1, -0.05) is 0 Å². The van der Waals surface area contributed by atoms with Crippen molar-refractivity contribution in [3.05, 3.63) is 42.5 Å². The highest BCUT2D eigenvalue weighted by atomic mass is 32.2. The van der Waals surface area contributed by atoms with Crippen LogP contribution in [0.15, 0.2) is 52.3 Å². The lowest BCUT2D eigenvalue weighted by Gasteiger charge is -2.13. The predicted molar refractivity (Wildman–Crippen MR) is 89.9 cm³/mol. The summed E-state index contributed by atoms with van der Waals surface area (Å²) in [4.78, 5) is -0.0174. The number of methoxy groups -OCH3 is 2. The highest BCUT2D eigenvalue weighted by Gasteiger charge is 2.18. The zero-order valence-corrected chi connectivity index (χ0v) is 14.9. The molecule has 1 N–H and O–H groups in total. The molecule has 0 aromatic heterocycles. The topological polar surface area (TPSA) is 98.8 Å². The minimum absolute atomic E-state index is 0.0449. The van der Waals surface area contributed by atoms with E-state index in [1.807, 2.05) is 0 Å². The number of hydrogen-bond donors (Lipinski definition) is 1. The van der Waals surface area contributed by atoms with Gasteiger partial charge < -0.3 is 9.47 Å². The third kappa shape index (κ3) is 3.98. The molecule has 0 saturated carbocycles. The molecular weight excluding hydrogens is 354 g/mol. The second kappa shape index (κ2) is 6.70. The summed E-state index contributed by atoms with van der Waals surface area (Å²) >= 11 is 0. The van der Waals surface area contributed by atoms with Gasteiger partial charge in [-0.2, -0.15) is 0 Å². The lowest BCUT2D eigenvalue weighted by Crippen LogP contribution is -2.14. The first kappa shape index (κ1) is 18.1. The number of rotatable bonds is 6. The van der Waals surface area contributed by atoms with E-state index in [2.05, 4.69) is 4.72 Å². The van der Waals surface area contributed by atoms with Crippen LogP contribution in [0.25, 0.3) is 0 Å². The van der Waals surface area contributed by atoms with Crippen molar-refractivity contribution in [2.24, 2.45) is 0 Å². The molecule has 0 heterocycles. The zero-order chi connectivity index (χ0) is 18.0. The Morgan fingerprint density at radius 3 is 1.92 bits per heavy atom. The monoisotopic (exact) mass is 371 g/mol. The zero-order valence-electron chi connectivity index (χ0n) is 13.3. The number of anilines is 1. The van der Waals surface area contributed by atoms with Gasteiger partial charge >= 0.3 is 0 Å². The van der Waals surface area contributed by atoms with Crippen LogP contribution in [0.1, 0.15) is 0 Å². The van der Waals surface area contributed by atoms with E-state index in [1.54, 1.807) is 12.1 Å². The summed E-state index contributed by atoms with van der Waals surface area (Å²) < 4.78 is 60.4. The highest BCUT2D eigenvalue weighted by molar-refractivity contribution is 7.92. The minimum atomic E-state index is -3.89. The third-order valence-corrected chi connectivity index (χ3v) is 5.73. The van der Waals surface area contributed by atoms with Crippen LogP contribution in [0.4, 0.5) is 5.69 Å². The maximum Gasteiger partial charge on any atom is 0.262 e. The molecule has 2 aromatic carbocycles. The number of ether oxygens (including phenoxy) is 2. The fourth-order valence-electron chi connectivity index (χ4n) is 1.95. The van der Waals surface area contributed by atoms with Gasteiger partial charge in [-0.05, 0) is 36.4 Å². The molecule has 2 aromatic rings. The Balaban J connectivity index is 2.35. The van der Waals surface area contributed by atoms with E-state index < -0.39 is 19.9 Å². The second-order valence-corrected chi connectivity index (χ2v) is 8.61. The van der Waals surface area contributed by atoms with Gasteiger partial charge in [-0.3, -0.25) is 4.72 Å².